The van der Waals surface area contributed by atoms with E-state index in [0.717, 1.165) is 0 Å². The van der Waals surface area contributed by atoms with Crippen LogP contribution in [0.5, 0.6) is 0 Å². The van der Waals surface area contributed by atoms with Crippen molar-refractivity contribution in [2.75, 3.05) is 0 Å². The van der Waals surface area contributed by atoms with Crippen LogP contribution in [0.15, 0.2) is 12.3 Å². The maximum Gasteiger partial charge on any atom is 0.419 e. The minimum absolute atomic E-state index is 0.395. The lowest BCUT2D eigenvalue weighted by atomic mass is 10.2. The van der Waals surface area contributed by atoms with Crippen molar-refractivity contribution in [2.24, 2.45) is 0 Å². The van der Waals surface area contributed by atoms with Gasteiger partial charge >= 0.3 is 12.1 Å². The highest BCUT2D eigenvalue weighted by molar-refractivity contribution is 6.31. The molecule has 0 saturated carbocycles. The van der Waals surface area contributed by atoms with Crippen molar-refractivity contribution in [3.63, 3.8) is 0 Å². The van der Waals surface area contributed by atoms with E-state index in [1.807, 2.05) is 0 Å². The minimum Gasteiger partial charge on any atom is -0.477 e. The molecule has 0 radical (unpaired) electrons. The summed E-state index contributed by atoms with van der Waals surface area (Å²) in [5.74, 6) is -1.43. The first-order valence-corrected chi connectivity index (χ1v) is 3.66. The average Bonchev–Trinajstić information content (AvgIpc) is 2.01. The Hall–Kier alpha value is -1.30. The SMILES string of the molecule is O=C(O)c1cc(Cl)c(C(F)(F)F)cn1. The number of carboxylic acid groups (broad SMARTS) is 1. The second kappa shape index (κ2) is 3.45. The van der Waals surface area contributed by atoms with Crippen molar-refractivity contribution >= 4 is 17.6 Å². The number of halogens is 4. The van der Waals surface area contributed by atoms with Gasteiger partial charge in [-0.2, -0.15) is 13.2 Å². The Balaban J connectivity index is 3.21. The molecule has 0 fully saturated rings. The fourth-order valence-corrected chi connectivity index (χ4v) is 1.02. The standard InChI is InChI=1S/C7H3ClF3NO2/c8-4-1-5(6(13)14)12-2-3(4)7(9,10)11/h1-2H,(H,13,14). The zero-order valence-electron chi connectivity index (χ0n) is 6.47. The number of hydrogen-bond donors (Lipinski definition) is 1. The van der Waals surface area contributed by atoms with E-state index >= 15 is 0 Å². The van der Waals surface area contributed by atoms with E-state index in [0.29, 0.717) is 12.3 Å². The fourth-order valence-electron chi connectivity index (χ4n) is 0.756. The van der Waals surface area contributed by atoms with Gasteiger partial charge < -0.3 is 5.11 Å². The zero-order valence-corrected chi connectivity index (χ0v) is 7.23. The molecule has 1 aromatic heterocycles. The van der Waals surface area contributed by atoms with Crippen LogP contribution in [0.4, 0.5) is 13.2 Å². The normalized spacial score (nSPS) is 11.4. The van der Waals surface area contributed by atoms with Crippen molar-refractivity contribution < 1.29 is 23.1 Å². The molecule has 7 heteroatoms. The summed E-state index contributed by atoms with van der Waals surface area (Å²) < 4.78 is 36.3. The van der Waals surface area contributed by atoms with Crippen LogP contribution in [0, 0.1) is 0 Å². The molecule has 76 valence electrons. The van der Waals surface area contributed by atoms with Crippen LogP contribution >= 0.6 is 11.6 Å². The Morgan fingerprint density at radius 2 is 2.07 bits per heavy atom. The van der Waals surface area contributed by atoms with Crippen molar-refractivity contribution in [1.82, 2.24) is 4.98 Å². The first kappa shape index (κ1) is 10.8. The van der Waals surface area contributed by atoms with Crippen LogP contribution in [0.2, 0.25) is 5.02 Å². The average molecular weight is 226 g/mol. The second-order valence-corrected chi connectivity index (χ2v) is 2.76. The Morgan fingerprint density at radius 3 is 2.43 bits per heavy atom. The van der Waals surface area contributed by atoms with E-state index in [1.165, 1.54) is 0 Å². The molecule has 3 nitrogen and oxygen atoms in total. The second-order valence-electron chi connectivity index (χ2n) is 2.35. The lowest BCUT2D eigenvalue weighted by molar-refractivity contribution is -0.137. The van der Waals surface area contributed by atoms with Gasteiger partial charge in [-0.05, 0) is 6.07 Å². The number of carbonyl (C=O) groups is 1. The molecule has 0 unspecified atom stereocenters. The first-order valence-electron chi connectivity index (χ1n) is 3.28. The largest absolute Gasteiger partial charge is 0.477 e. The molecule has 0 bridgehead atoms. The Bertz CT molecular complexity index is 378. The summed E-state index contributed by atoms with van der Waals surface area (Å²) in [5, 5.41) is 7.72. The third kappa shape index (κ3) is 2.14. The molecular weight excluding hydrogens is 223 g/mol. The summed E-state index contributed by atoms with van der Waals surface area (Å²) >= 11 is 5.23. The minimum atomic E-state index is -4.62. The predicted octanol–water partition coefficient (Wildman–Crippen LogP) is 2.45. The van der Waals surface area contributed by atoms with E-state index in [-0.39, 0.29) is 0 Å². The van der Waals surface area contributed by atoms with Gasteiger partial charge in [-0.15, -0.1) is 0 Å². The predicted molar refractivity (Wildman–Crippen MR) is 41.2 cm³/mol. The van der Waals surface area contributed by atoms with Gasteiger partial charge in [-0.3, -0.25) is 0 Å². The maximum absolute atomic E-state index is 12.1. The third-order valence-corrected chi connectivity index (χ3v) is 1.69. The molecule has 0 aromatic carbocycles. The number of pyridine rings is 1. The van der Waals surface area contributed by atoms with Gasteiger partial charge in [0.2, 0.25) is 0 Å². The monoisotopic (exact) mass is 225 g/mol. The van der Waals surface area contributed by atoms with Gasteiger partial charge in [0, 0.05) is 6.20 Å². The van der Waals surface area contributed by atoms with Crippen molar-refractivity contribution in [3.8, 4) is 0 Å². The van der Waals surface area contributed by atoms with Crippen LogP contribution in [0.1, 0.15) is 16.1 Å². The van der Waals surface area contributed by atoms with Crippen molar-refractivity contribution in [2.45, 2.75) is 6.18 Å². The molecule has 0 aliphatic carbocycles. The van der Waals surface area contributed by atoms with Crippen LogP contribution in [-0.4, -0.2) is 16.1 Å². The van der Waals surface area contributed by atoms with Crippen LogP contribution < -0.4 is 0 Å². The number of carboxylic acids is 1. The number of alkyl halides is 3. The van der Waals surface area contributed by atoms with Gasteiger partial charge in [0.15, 0.2) is 0 Å². The van der Waals surface area contributed by atoms with Crippen molar-refractivity contribution in [3.05, 3.63) is 28.5 Å². The molecule has 0 aliphatic heterocycles. The summed E-state index contributed by atoms with van der Waals surface area (Å²) in [6, 6.07) is 0.659. The topological polar surface area (TPSA) is 50.2 Å². The van der Waals surface area contributed by atoms with Crippen LogP contribution in [-0.2, 0) is 6.18 Å². The Morgan fingerprint density at radius 1 is 1.50 bits per heavy atom. The molecule has 0 spiro atoms. The summed E-state index contributed by atoms with van der Waals surface area (Å²) in [7, 11) is 0. The highest BCUT2D eigenvalue weighted by atomic mass is 35.5. The molecular formula is C7H3ClF3NO2. The van der Waals surface area contributed by atoms with E-state index in [9.17, 15) is 18.0 Å². The molecule has 1 rings (SSSR count). The summed E-state index contributed by atoms with van der Waals surface area (Å²) in [5.41, 5.74) is -1.67. The van der Waals surface area contributed by atoms with E-state index in [2.05, 4.69) is 4.98 Å². The van der Waals surface area contributed by atoms with E-state index < -0.39 is 28.4 Å². The molecule has 0 amide bonds. The van der Waals surface area contributed by atoms with E-state index in [4.69, 9.17) is 16.7 Å². The number of hydrogen-bond acceptors (Lipinski definition) is 2. The molecule has 1 heterocycles. The number of nitrogens with zero attached hydrogens (tertiary/aromatic N) is 1. The van der Waals surface area contributed by atoms with E-state index in [1.54, 1.807) is 0 Å². The van der Waals surface area contributed by atoms with Gasteiger partial charge in [-0.1, -0.05) is 11.6 Å². The van der Waals surface area contributed by atoms with Gasteiger partial charge in [0.05, 0.1) is 10.6 Å². The summed E-state index contributed by atoms with van der Waals surface area (Å²) in [4.78, 5) is 13.4. The molecule has 1 aromatic rings. The number of aromatic nitrogens is 1. The molecule has 0 aliphatic rings. The zero-order chi connectivity index (χ0) is 10.9. The van der Waals surface area contributed by atoms with Gasteiger partial charge in [-0.25, -0.2) is 9.78 Å². The Kier molecular flexibility index (Phi) is 2.66. The number of rotatable bonds is 1. The van der Waals surface area contributed by atoms with Gasteiger partial charge in [0.25, 0.3) is 0 Å². The first-order chi connectivity index (χ1) is 6.32. The molecule has 14 heavy (non-hydrogen) atoms. The van der Waals surface area contributed by atoms with Crippen LogP contribution in [0.25, 0.3) is 0 Å². The van der Waals surface area contributed by atoms with Gasteiger partial charge in [0.1, 0.15) is 5.69 Å². The summed E-state index contributed by atoms with van der Waals surface area (Å²) in [6.07, 6.45) is -4.23. The highest BCUT2D eigenvalue weighted by Gasteiger charge is 2.34. The smallest absolute Gasteiger partial charge is 0.419 e. The third-order valence-electron chi connectivity index (χ3n) is 1.38. The molecule has 0 saturated heterocycles. The quantitative estimate of drug-likeness (QED) is 0.799. The Labute approximate surface area is 81.1 Å². The summed E-state index contributed by atoms with van der Waals surface area (Å²) in [6.45, 7) is 0. The maximum atomic E-state index is 12.1. The lowest BCUT2D eigenvalue weighted by Gasteiger charge is -2.07. The number of aromatic carboxylic acids is 1. The highest BCUT2D eigenvalue weighted by Crippen LogP contribution is 2.34. The van der Waals surface area contributed by atoms with Crippen molar-refractivity contribution in [1.29, 1.82) is 0 Å². The van der Waals surface area contributed by atoms with Crippen LogP contribution in [0.3, 0.4) is 0 Å². The fraction of sp³-hybridized carbons (Fsp3) is 0.143. The molecule has 0 atom stereocenters. The molecule has 1 N–H and O–H groups in total. The lowest BCUT2D eigenvalue weighted by Crippen LogP contribution is -2.09.